The molecule has 0 fully saturated rings. The van der Waals surface area contributed by atoms with Gasteiger partial charge in [0.25, 0.3) is 0 Å². The van der Waals surface area contributed by atoms with E-state index in [1.807, 2.05) is 93.6 Å². The van der Waals surface area contributed by atoms with Crippen LogP contribution in [0.4, 0.5) is 0 Å². The van der Waals surface area contributed by atoms with Gasteiger partial charge in [-0.3, -0.25) is 4.98 Å². The van der Waals surface area contributed by atoms with Gasteiger partial charge in [-0.15, -0.1) is 54.1 Å². The molecule has 275 valence electrons. The zero-order valence-electron chi connectivity index (χ0n) is 41.1. The number of furan rings is 1. The Kier molecular flexibility index (Phi) is 8.07. The van der Waals surface area contributed by atoms with Gasteiger partial charge < -0.3 is 14.4 Å². The van der Waals surface area contributed by atoms with Crippen LogP contribution in [0.15, 0.2) is 120 Å². The molecule has 4 nitrogen and oxygen atoms in total. The van der Waals surface area contributed by atoms with Crippen molar-refractivity contribution in [3.8, 4) is 33.6 Å². The molecule has 0 N–H and O–H groups in total. The average Bonchev–Trinajstić information content (AvgIpc) is 3.62. The van der Waals surface area contributed by atoms with Crippen LogP contribution in [0.5, 0.6) is 0 Å². The zero-order valence-corrected chi connectivity index (χ0v) is 33.4. The normalized spacial score (nSPS) is 15.4. The Hall–Kier alpha value is -4.96. The van der Waals surface area contributed by atoms with Gasteiger partial charge in [-0.1, -0.05) is 94.5 Å². The second kappa shape index (κ2) is 15.8. The summed E-state index contributed by atoms with van der Waals surface area (Å²) in [4.78, 5) is 13.1. The summed E-state index contributed by atoms with van der Waals surface area (Å²) in [6, 6.07) is 37.6. The number of hydrogen-bond acceptors (Lipinski definition) is 4. The second-order valence-electron chi connectivity index (χ2n) is 15.1. The molecule has 0 atom stereocenters. The number of aromatic nitrogens is 3. The SMILES string of the molecule is [2H]C([2H])([2H])c1ccc2c(ccc3c4cc[c-]c(-c5cc(C([2H])([2H])C(C)(C)C)c(C([2H])([2H])[2H])cn5)c4oc23)n1.[2H]C([2H])(c1ccc(-c2ccnc(-c3[c-]cccc3)c2)cc1)C(C)(C)C.[Ir]. The van der Waals surface area contributed by atoms with Crippen molar-refractivity contribution in [1.29, 1.82) is 0 Å². The molecule has 0 saturated carbocycles. The molecule has 0 spiro atoms. The van der Waals surface area contributed by atoms with Gasteiger partial charge in [-0.25, -0.2) is 0 Å². The van der Waals surface area contributed by atoms with Crippen molar-refractivity contribution in [2.45, 2.75) is 68.0 Å². The molecule has 0 saturated heterocycles. The molecule has 1 radical (unpaired) electrons. The van der Waals surface area contributed by atoms with E-state index in [1.165, 1.54) is 18.3 Å². The van der Waals surface area contributed by atoms with Crippen molar-refractivity contribution in [3.05, 3.63) is 150 Å². The second-order valence-corrected chi connectivity index (χ2v) is 15.1. The minimum atomic E-state index is -2.55. The maximum Gasteiger partial charge on any atom is 0.130 e. The van der Waals surface area contributed by atoms with Crippen LogP contribution in [0.25, 0.3) is 66.5 Å². The Balaban J connectivity index is 0.000000227. The molecule has 54 heavy (non-hydrogen) atoms. The average molecular weight is 896 g/mol. The van der Waals surface area contributed by atoms with Crippen LogP contribution in [-0.2, 0) is 32.9 Å². The molecule has 0 amide bonds. The Morgan fingerprint density at radius 2 is 1.46 bits per heavy atom. The van der Waals surface area contributed by atoms with Gasteiger partial charge in [0.05, 0.1) is 11.1 Å². The third-order valence-electron chi connectivity index (χ3n) is 8.42. The summed E-state index contributed by atoms with van der Waals surface area (Å²) >= 11 is 0. The monoisotopic (exact) mass is 896 g/mol. The number of aryl methyl sites for hydroxylation is 2. The minimum Gasteiger partial charge on any atom is -0.500 e. The molecule has 0 bridgehead atoms. The molecule has 4 aromatic heterocycles. The topological polar surface area (TPSA) is 51.8 Å². The summed E-state index contributed by atoms with van der Waals surface area (Å²) in [5.41, 5.74) is 5.46. The molecule has 8 rings (SSSR count). The predicted molar refractivity (Wildman–Crippen MR) is 221 cm³/mol. The van der Waals surface area contributed by atoms with Gasteiger partial charge in [0.2, 0.25) is 0 Å². The van der Waals surface area contributed by atoms with Crippen molar-refractivity contribution >= 4 is 32.8 Å². The predicted octanol–water partition coefficient (Wildman–Crippen LogP) is 13.0. The van der Waals surface area contributed by atoms with Gasteiger partial charge >= 0.3 is 0 Å². The van der Waals surface area contributed by atoms with E-state index in [0.29, 0.717) is 38.9 Å². The number of hydrogen-bond donors (Lipinski definition) is 0. The maximum atomic E-state index is 8.81. The molecule has 0 aliphatic heterocycles. The van der Waals surface area contributed by atoms with E-state index < -0.39 is 37.3 Å². The summed E-state index contributed by atoms with van der Waals surface area (Å²) in [5.74, 6) is 0. The quantitative estimate of drug-likeness (QED) is 0.162. The Morgan fingerprint density at radius 3 is 2.19 bits per heavy atom. The molecule has 5 heteroatoms. The summed E-state index contributed by atoms with van der Waals surface area (Å²) in [6.07, 6.45) is -0.341. The Morgan fingerprint density at radius 1 is 0.685 bits per heavy atom. The van der Waals surface area contributed by atoms with E-state index in [9.17, 15) is 0 Å². The molecule has 4 heterocycles. The molecule has 0 aliphatic carbocycles. The van der Waals surface area contributed by atoms with Crippen molar-refractivity contribution in [1.82, 2.24) is 15.0 Å². The first-order chi connectivity index (χ1) is 29.3. The van der Waals surface area contributed by atoms with Crippen LogP contribution < -0.4 is 0 Å². The smallest absolute Gasteiger partial charge is 0.130 e. The largest absolute Gasteiger partial charge is 0.500 e. The van der Waals surface area contributed by atoms with Gasteiger partial charge in [-0.2, -0.15) is 0 Å². The van der Waals surface area contributed by atoms with Crippen LogP contribution in [0, 0.1) is 36.7 Å². The fourth-order valence-corrected chi connectivity index (χ4v) is 6.18. The summed E-state index contributed by atoms with van der Waals surface area (Å²) < 4.78 is 87.6. The van der Waals surface area contributed by atoms with E-state index in [0.717, 1.165) is 33.2 Å². The Labute approximate surface area is 347 Å². The van der Waals surface area contributed by atoms with E-state index in [4.69, 9.17) is 18.1 Å². The number of fused-ring (bicyclic) bond motifs is 5. The number of pyridine rings is 3. The first-order valence-electron chi connectivity index (χ1n) is 22.5. The fraction of sp³-hybridized carbons (Fsp3) is 0.245. The van der Waals surface area contributed by atoms with E-state index in [2.05, 4.69) is 27.1 Å². The van der Waals surface area contributed by atoms with Gasteiger partial charge in [0.15, 0.2) is 0 Å². The van der Waals surface area contributed by atoms with E-state index in [-0.39, 0.29) is 36.9 Å². The van der Waals surface area contributed by atoms with Crippen LogP contribution in [0.1, 0.15) is 77.6 Å². The van der Waals surface area contributed by atoms with Crippen molar-refractivity contribution in [3.63, 3.8) is 0 Å². The molecule has 8 aromatic rings. The van der Waals surface area contributed by atoms with E-state index >= 15 is 0 Å². The fourth-order valence-electron chi connectivity index (χ4n) is 6.18. The summed E-state index contributed by atoms with van der Waals surface area (Å²) in [7, 11) is 0. The zero-order chi connectivity index (χ0) is 45.9. The van der Waals surface area contributed by atoms with Crippen LogP contribution in [0.2, 0.25) is 0 Å². The van der Waals surface area contributed by atoms with Crippen LogP contribution >= 0.6 is 0 Å². The molecule has 4 aromatic carbocycles. The van der Waals surface area contributed by atoms with Crippen molar-refractivity contribution < 1.29 is 38.2 Å². The third kappa shape index (κ3) is 8.87. The van der Waals surface area contributed by atoms with Crippen LogP contribution in [0.3, 0.4) is 0 Å². The molecular weight excluding hydrogens is 839 g/mol. The number of rotatable bonds is 5. The summed E-state index contributed by atoms with van der Waals surface area (Å²) in [6.45, 7) is 6.05. The number of nitrogens with zero attached hydrogens (tertiary/aromatic N) is 3. The summed E-state index contributed by atoms with van der Waals surface area (Å²) in [5, 5.41) is 2.20. The minimum absolute atomic E-state index is 0. The first kappa shape index (κ1) is 27.6. The van der Waals surface area contributed by atoms with Crippen molar-refractivity contribution in [2.75, 3.05) is 0 Å². The van der Waals surface area contributed by atoms with Gasteiger partial charge in [-0.05, 0) is 101 Å². The molecule has 0 unspecified atom stereocenters. The molecule has 0 aliphatic rings. The maximum absolute atomic E-state index is 8.81. The standard InChI is InChI=1S/C27H25N2O.C22H22N.Ir/c1-16-15-28-24(13-18(16)14-27(3,4)5)21-8-6-7-19-20-11-12-23-22(10-9-17(2)29-23)26(20)30-25(19)21;1-22(2,3)16-17-9-11-18(12-10-17)20-13-14-23-21(15-20)19-7-5-4-6-8-19;/h6-7,9-13,15H,14H2,1-5H3;4-7,9-15H,16H2,1-3H3;/q2*-1;/i1D3,2D3,14D2;16D2;. The first-order valence-corrected chi connectivity index (χ1v) is 17.5. The number of benzene rings is 4. The van der Waals surface area contributed by atoms with Gasteiger partial charge in [0.1, 0.15) is 5.58 Å². The van der Waals surface area contributed by atoms with Crippen molar-refractivity contribution in [2.24, 2.45) is 10.8 Å². The van der Waals surface area contributed by atoms with Crippen LogP contribution in [-0.4, -0.2) is 15.0 Å². The van der Waals surface area contributed by atoms with Gasteiger partial charge in [0, 0.05) is 62.7 Å². The third-order valence-corrected chi connectivity index (χ3v) is 8.42. The molecular formula is C49H47IrN3O-2. The van der Waals surface area contributed by atoms with E-state index in [1.54, 1.807) is 45.2 Å². The Bertz CT molecular complexity index is 2950.